The second-order valence-corrected chi connectivity index (χ2v) is 7.50. The van der Waals surface area contributed by atoms with Gasteiger partial charge in [0.15, 0.2) is 5.82 Å². The van der Waals surface area contributed by atoms with Gasteiger partial charge in [-0.1, -0.05) is 18.2 Å². The van der Waals surface area contributed by atoms with Gasteiger partial charge in [0.2, 0.25) is 5.79 Å². The van der Waals surface area contributed by atoms with E-state index >= 15 is 0 Å². The number of aromatic amines is 1. The first kappa shape index (κ1) is 18.2. The summed E-state index contributed by atoms with van der Waals surface area (Å²) in [5, 5.41) is 1.08. The molecule has 0 atom stereocenters. The summed E-state index contributed by atoms with van der Waals surface area (Å²) in [5.74, 6) is 0.256. The zero-order valence-corrected chi connectivity index (χ0v) is 16.5. The summed E-state index contributed by atoms with van der Waals surface area (Å²) >= 11 is 0. The van der Waals surface area contributed by atoms with Gasteiger partial charge in [-0.3, -0.25) is 0 Å². The number of para-hydroxylation sites is 1. The zero-order chi connectivity index (χ0) is 20.7. The Hall–Kier alpha value is -3.87. The first-order valence-electron chi connectivity index (χ1n) is 9.55. The number of H-pyrrole nitrogens is 1. The van der Waals surface area contributed by atoms with Crippen molar-refractivity contribution >= 4 is 16.9 Å². The molecule has 150 valence electrons. The van der Waals surface area contributed by atoms with Gasteiger partial charge in [0, 0.05) is 54.5 Å². The van der Waals surface area contributed by atoms with E-state index < -0.39 is 11.8 Å². The predicted molar refractivity (Wildman–Crippen MR) is 110 cm³/mol. The largest absolute Gasteiger partial charge is 0.489 e. The number of cyclic esters (lactones) is 1. The molecule has 0 aliphatic carbocycles. The lowest BCUT2D eigenvalue weighted by atomic mass is 10.1. The highest BCUT2D eigenvalue weighted by molar-refractivity contribution is 5.94. The number of hydrogen-bond acceptors (Lipinski definition) is 6. The van der Waals surface area contributed by atoms with Crippen LogP contribution in [0.15, 0.2) is 61.1 Å². The van der Waals surface area contributed by atoms with Crippen LogP contribution in [0.2, 0.25) is 0 Å². The van der Waals surface area contributed by atoms with Crippen LogP contribution in [0.3, 0.4) is 0 Å². The Morgan fingerprint density at radius 1 is 1.03 bits per heavy atom. The molecule has 30 heavy (non-hydrogen) atoms. The van der Waals surface area contributed by atoms with Crippen molar-refractivity contribution in [1.29, 1.82) is 0 Å². The molecule has 0 fully saturated rings. The molecule has 0 radical (unpaired) electrons. The fraction of sp³-hybridized carbons (Fsp3) is 0.174. The summed E-state index contributed by atoms with van der Waals surface area (Å²) in [5.41, 5.74) is 3.16. The minimum Gasteiger partial charge on any atom is -0.489 e. The van der Waals surface area contributed by atoms with Crippen molar-refractivity contribution in [2.45, 2.75) is 26.2 Å². The average molecular weight is 401 g/mol. The van der Waals surface area contributed by atoms with Crippen LogP contribution in [0.25, 0.3) is 22.3 Å². The van der Waals surface area contributed by atoms with Crippen LogP contribution >= 0.6 is 0 Å². The molecule has 2 aromatic carbocycles. The average Bonchev–Trinajstić information content (AvgIpc) is 3.16. The Kier molecular flexibility index (Phi) is 4.17. The molecule has 2 aromatic heterocycles. The van der Waals surface area contributed by atoms with Crippen molar-refractivity contribution in [2.75, 3.05) is 0 Å². The molecule has 0 spiro atoms. The molecule has 1 N–H and O–H groups in total. The monoisotopic (exact) mass is 401 g/mol. The number of carbonyl (C=O) groups is 1. The molecular formula is C23H19N3O4. The van der Waals surface area contributed by atoms with Crippen LogP contribution in [0.1, 0.15) is 29.8 Å². The summed E-state index contributed by atoms with van der Waals surface area (Å²) in [6.45, 7) is 3.66. The molecule has 5 rings (SSSR count). The van der Waals surface area contributed by atoms with Gasteiger partial charge in [-0.15, -0.1) is 0 Å². The third-order valence-corrected chi connectivity index (χ3v) is 4.81. The Morgan fingerprint density at radius 2 is 1.83 bits per heavy atom. The van der Waals surface area contributed by atoms with Crippen LogP contribution in [0.5, 0.6) is 11.5 Å². The van der Waals surface area contributed by atoms with Crippen molar-refractivity contribution < 1.29 is 19.0 Å². The molecule has 1 aliphatic heterocycles. The number of carbonyl (C=O) groups excluding carboxylic acids is 1. The van der Waals surface area contributed by atoms with Gasteiger partial charge in [-0.05, 0) is 24.3 Å². The Balaban J connectivity index is 1.31. The van der Waals surface area contributed by atoms with Crippen LogP contribution in [-0.4, -0.2) is 26.7 Å². The first-order valence-corrected chi connectivity index (χ1v) is 9.55. The number of nitrogens with one attached hydrogen (secondary N) is 1. The van der Waals surface area contributed by atoms with Crippen LogP contribution in [0, 0.1) is 0 Å². The van der Waals surface area contributed by atoms with E-state index in [9.17, 15) is 4.79 Å². The summed E-state index contributed by atoms with van der Waals surface area (Å²) < 4.78 is 16.7. The lowest BCUT2D eigenvalue weighted by Crippen LogP contribution is -2.38. The standard InChI is InChI=1S/C23H19N3O4/c1-23(2)29-20-8-7-15(9-17(20)22(27)30-23)28-13-14-10-25-21(26-11-14)18-12-24-19-6-4-3-5-16(18)19/h3-12,24H,13H2,1-2H3. The van der Waals surface area contributed by atoms with Gasteiger partial charge >= 0.3 is 5.97 Å². The van der Waals surface area contributed by atoms with E-state index in [2.05, 4.69) is 15.0 Å². The van der Waals surface area contributed by atoms with Gasteiger partial charge in [-0.2, -0.15) is 0 Å². The number of fused-ring (bicyclic) bond motifs is 2. The maximum Gasteiger partial charge on any atom is 0.345 e. The Labute approximate surface area is 172 Å². The Bertz CT molecular complexity index is 1250. The third kappa shape index (κ3) is 3.34. The minimum absolute atomic E-state index is 0.272. The molecule has 7 heteroatoms. The highest BCUT2D eigenvalue weighted by Crippen LogP contribution is 2.33. The molecule has 4 aromatic rings. The van der Waals surface area contributed by atoms with Gasteiger partial charge in [0.1, 0.15) is 23.7 Å². The molecule has 3 heterocycles. The smallest absolute Gasteiger partial charge is 0.345 e. The van der Waals surface area contributed by atoms with E-state index in [0.717, 1.165) is 22.0 Å². The molecule has 1 aliphatic rings. The fourth-order valence-corrected chi connectivity index (χ4v) is 3.40. The van der Waals surface area contributed by atoms with E-state index in [1.807, 2.05) is 30.5 Å². The van der Waals surface area contributed by atoms with Crippen molar-refractivity contribution in [3.05, 3.63) is 72.2 Å². The maximum atomic E-state index is 12.2. The number of benzene rings is 2. The highest BCUT2D eigenvalue weighted by Gasteiger charge is 2.34. The van der Waals surface area contributed by atoms with E-state index in [4.69, 9.17) is 14.2 Å². The van der Waals surface area contributed by atoms with E-state index in [0.29, 0.717) is 22.9 Å². The topological polar surface area (TPSA) is 86.3 Å². The third-order valence-electron chi connectivity index (χ3n) is 4.81. The lowest BCUT2D eigenvalue weighted by Gasteiger charge is -2.31. The van der Waals surface area contributed by atoms with Gasteiger partial charge in [0.05, 0.1) is 0 Å². The molecule has 0 saturated heterocycles. The van der Waals surface area contributed by atoms with Crippen LogP contribution in [0.4, 0.5) is 0 Å². The lowest BCUT2D eigenvalue weighted by molar-refractivity contribution is -0.127. The highest BCUT2D eigenvalue weighted by atomic mass is 16.7. The number of rotatable bonds is 4. The van der Waals surface area contributed by atoms with Crippen molar-refractivity contribution in [3.63, 3.8) is 0 Å². The maximum absolute atomic E-state index is 12.2. The SMILES string of the molecule is CC1(C)OC(=O)c2cc(OCc3cnc(-c4c[nH]c5ccccc45)nc3)ccc2O1. The molecule has 7 nitrogen and oxygen atoms in total. The van der Waals surface area contributed by atoms with Crippen molar-refractivity contribution in [1.82, 2.24) is 15.0 Å². The number of esters is 1. The molecular weight excluding hydrogens is 382 g/mol. The number of hydrogen-bond donors (Lipinski definition) is 1. The molecule has 0 bridgehead atoms. The summed E-state index contributed by atoms with van der Waals surface area (Å²) in [6.07, 6.45) is 5.39. The molecule has 0 amide bonds. The predicted octanol–water partition coefficient (Wildman–Crippen LogP) is 4.49. The van der Waals surface area contributed by atoms with Crippen LogP contribution in [-0.2, 0) is 11.3 Å². The van der Waals surface area contributed by atoms with E-state index in [1.165, 1.54) is 0 Å². The van der Waals surface area contributed by atoms with Gasteiger partial charge in [0.25, 0.3) is 0 Å². The van der Waals surface area contributed by atoms with Crippen LogP contribution < -0.4 is 9.47 Å². The fourth-order valence-electron chi connectivity index (χ4n) is 3.40. The van der Waals surface area contributed by atoms with Crippen molar-refractivity contribution in [2.24, 2.45) is 0 Å². The number of ether oxygens (including phenoxy) is 3. The van der Waals surface area contributed by atoms with Crippen molar-refractivity contribution in [3.8, 4) is 22.9 Å². The second-order valence-electron chi connectivity index (χ2n) is 7.50. The van der Waals surface area contributed by atoms with E-state index in [1.54, 1.807) is 44.4 Å². The first-order chi connectivity index (χ1) is 14.5. The zero-order valence-electron chi connectivity index (χ0n) is 16.5. The molecule has 0 unspecified atom stereocenters. The molecule has 0 saturated carbocycles. The van der Waals surface area contributed by atoms with Gasteiger partial charge in [-0.25, -0.2) is 14.8 Å². The quantitative estimate of drug-likeness (QED) is 0.507. The second kappa shape index (κ2) is 6.88. The van der Waals surface area contributed by atoms with Gasteiger partial charge < -0.3 is 19.2 Å². The Morgan fingerprint density at radius 3 is 2.67 bits per heavy atom. The summed E-state index contributed by atoms with van der Waals surface area (Å²) in [4.78, 5) is 24.4. The minimum atomic E-state index is -0.976. The summed E-state index contributed by atoms with van der Waals surface area (Å²) in [6, 6.07) is 13.1. The number of nitrogens with zero attached hydrogens (tertiary/aromatic N) is 2. The number of aromatic nitrogens is 3. The summed E-state index contributed by atoms with van der Waals surface area (Å²) in [7, 11) is 0. The normalized spacial score (nSPS) is 14.7. The van der Waals surface area contributed by atoms with E-state index in [-0.39, 0.29) is 6.61 Å².